The number of imidazole rings is 1. The van der Waals surface area contributed by atoms with Gasteiger partial charge in [-0.25, -0.2) is 24.4 Å². The normalized spacial score (nSPS) is 12.2. The number of hydrogen-bond donors (Lipinski definition) is 4. The van der Waals surface area contributed by atoms with Crippen LogP contribution in [0.3, 0.4) is 0 Å². The summed E-state index contributed by atoms with van der Waals surface area (Å²) in [5.74, 6) is -0.760. The monoisotopic (exact) mass is 988 g/mol. The number of aryl methyl sites for hydroxylation is 1. The van der Waals surface area contributed by atoms with Crippen molar-refractivity contribution in [3.63, 3.8) is 0 Å². The molecule has 19 nitrogen and oxygen atoms in total. The number of hydrogen-bond acceptors (Lipinski definition) is 13. The molecule has 4 rings (SSSR count). The Bertz CT molecular complexity index is 2370. The van der Waals surface area contributed by atoms with E-state index in [1.54, 1.807) is 57.7 Å². The quantitative estimate of drug-likeness (QED) is 0.0280. The zero-order valence-electron chi connectivity index (χ0n) is 43.3. The van der Waals surface area contributed by atoms with Gasteiger partial charge >= 0.3 is 24.2 Å². The number of aromatic nitrogens is 3. The Morgan fingerprint density at radius 2 is 1.24 bits per heavy atom. The maximum absolute atomic E-state index is 13.6. The number of nitrogen functional groups attached to an aromatic ring is 1. The number of pyridine rings is 1. The van der Waals surface area contributed by atoms with Crippen molar-refractivity contribution in [1.29, 1.82) is 0 Å². The van der Waals surface area contributed by atoms with E-state index in [1.807, 2.05) is 79.9 Å². The van der Waals surface area contributed by atoms with E-state index >= 15 is 0 Å². The first-order chi connectivity index (χ1) is 33.5. The van der Waals surface area contributed by atoms with Crippen LogP contribution >= 0.6 is 0 Å². The SMILES string of the molecule is CC(C)(C)OC(=O)CCCCN(CCCCN(CCCNC(=O)CC[C@H](NC(=O)OCc1ccccc1)C(=O)NCCCn1cnc2c(N)nc3ccccc3c21)C(=O)OC(C)(C)C)C(=O)OC(C)(C)C. The van der Waals surface area contributed by atoms with Crippen LogP contribution in [-0.4, -0.2) is 123 Å². The van der Waals surface area contributed by atoms with Crippen molar-refractivity contribution in [3.05, 3.63) is 66.5 Å². The van der Waals surface area contributed by atoms with E-state index in [4.69, 9.17) is 24.7 Å². The van der Waals surface area contributed by atoms with Crippen molar-refractivity contribution in [2.45, 2.75) is 156 Å². The van der Waals surface area contributed by atoms with Crippen LogP contribution in [-0.2, 0) is 46.5 Å². The van der Waals surface area contributed by atoms with Gasteiger partial charge in [0.05, 0.1) is 17.4 Å². The van der Waals surface area contributed by atoms with Gasteiger partial charge in [-0.1, -0.05) is 48.5 Å². The molecule has 0 saturated carbocycles. The molecule has 5 N–H and O–H groups in total. The zero-order chi connectivity index (χ0) is 52.2. The minimum absolute atomic E-state index is 0.00135. The van der Waals surface area contributed by atoms with E-state index < -0.39 is 47.0 Å². The van der Waals surface area contributed by atoms with Crippen molar-refractivity contribution in [2.24, 2.45) is 0 Å². The molecule has 0 radical (unpaired) electrons. The first kappa shape index (κ1) is 56.9. The maximum Gasteiger partial charge on any atom is 0.410 e. The first-order valence-electron chi connectivity index (χ1n) is 24.7. The number of para-hydroxylation sites is 1. The van der Waals surface area contributed by atoms with Gasteiger partial charge in [0.15, 0.2) is 5.82 Å². The number of benzene rings is 2. The Labute approximate surface area is 418 Å². The van der Waals surface area contributed by atoms with E-state index in [0.29, 0.717) is 76.0 Å². The number of anilines is 1. The second kappa shape index (κ2) is 27.1. The number of nitrogens with two attached hydrogens (primary N) is 1. The molecule has 0 bridgehead atoms. The minimum atomic E-state index is -1.07. The Morgan fingerprint density at radius 3 is 1.86 bits per heavy atom. The summed E-state index contributed by atoms with van der Waals surface area (Å²) < 4.78 is 24.2. The highest BCUT2D eigenvalue weighted by atomic mass is 16.6. The van der Waals surface area contributed by atoms with E-state index in [2.05, 4.69) is 25.9 Å². The van der Waals surface area contributed by atoms with Gasteiger partial charge in [-0.2, -0.15) is 0 Å². The molecule has 2 aromatic carbocycles. The Morgan fingerprint density at radius 1 is 0.676 bits per heavy atom. The molecule has 71 heavy (non-hydrogen) atoms. The molecule has 2 heterocycles. The summed E-state index contributed by atoms with van der Waals surface area (Å²) in [6.45, 7) is 18.7. The molecule has 19 heteroatoms. The van der Waals surface area contributed by atoms with Crippen LogP contribution in [0.5, 0.6) is 0 Å². The number of carbonyl (C=O) groups excluding carboxylic acids is 6. The van der Waals surface area contributed by atoms with E-state index in [0.717, 1.165) is 22.0 Å². The molecule has 390 valence electrons. The number of alkyl carbamates (subject to hydrolysis) is 1. The van der Waals surface area contributed by atoms with Gasteiger partial charge in [0.1, 0.15) is 35.0 Å². The van der Waals surface area contributed by atoms with Crippen molar-refractivity contribution < 1.29 is 47.7 Å². The van der Waals surface area contributed by atoms with Crippen LogP contribution in [0.25, 0.3) is 21.9 Å². The molecule has 0 fully saturated rings. The summed E-state index contributed by atoms with van der Waals surface area (Å²) in [4.78, 5) is 90.5. The highest BCUT2D eigenvalue weighted by molar-refractivity contribution is 6.06. The van der Waals surface area contributed by atoms with Crippen LogP contribution in [0, 0.1) is 0 Å². The number of amides is 5. The lowest BCUT2D eigenvalue weighted by Crippen LogP contribution is -2.47. The molecule has 0 aliphatic carbocycles. The molecule has 0 aliphatic heterocycles. The molecular formula is C52H77N9O10. The number of ether oxygens (including phenoxy) is 4. The third-order valence-electron chi connectivity index (χ3n) is 10.7. The van der Waals surface area contributed by atoms with Crippen LogP contribution < -0.4 is 21.7 Å². The summed E-state index contributed by atoms with van der Waals surface area (Å²) in [5, 5.41) is 9.32. The van der Waals surface area contributed by atoms with E-state index in [1.165, 1.54) is 0 Å². The Balaban J connectivity index is 1.29. The number of rotatable bonds is 25. The molecular weight excluding hydrogens is 911 g/mol. The summed E-state index contributed by atoms with van der Waals surface area (Å²) in [6.07, 6.45) is 3.30. The first-order valence-corrected chi connectivity index (χ1v) is 24.7. The minimum Gasteiger partial charge on any atom is -0.460 e. The number of unbranched alkanes of at least 4 members (excludes halogenated alkanes) is 2. The van der Waals surface area contributed by atoms with Gasteiger partial charge in [-0.15, -0.1) is 0 Å². The van der Waals surface area contributed by atoms with E-state index in [9.17, 15) is 28.8 Å². The largest absolute Gasteiger partial charge is 0.460 e. The summed E-state index contributed by atoms with van der Waals surface area (Å²) in [5.41, 5.74) is 7.18. The van der Waals surface area contributed by atoms with Crippen LogP contribution in [0.2, 0.25) is 0 Å². The average molecular weight is 988 g/mol. The molecule has 0 spiro atoms. The maximum atomic E-state index is 13.6. The Kier molecular flexibility index (Phi) is 21.7. The van der Waals surface area contributed by atoms with Gasteiger partial charge in [-0.3, -0.25) is 14.4 Å². The highest BCUT2D eigenvalue weighted by Gasteiger charge is 2.26. The zero-order valence-corrected chi connectivity index (χ0v) is 43.3. The van der Waals surface area contributed by atoms with Crippen molar-refractivity contribution in [2.75, 3.05) is 45.0 Å². The van der Waals surface area contributed by atoms with Crippen molar-refractivity contribution >= 4 is 63.8 Å². The van der Waals surface area contributed by atoms with Gasteiger partial charge in [0, 0.05) is 64.0 Å². The molecule has 1 atom stereocenters. The van der Waals surface area contributed by atoms with Crippen LogP contribution in [0.1, 0.15) is 126 Å². The topological polar surface area (TPSA) is 239 Å². The van der Waals surface area contributed by atoms with Gasteiger partial charge < -0.3 is 55.0 Å². The fourth-order valence-electron chi connectivity index (χ4n) is 7.41. The molecule has 0 aliphatic rings. The fourth-order valence-corrected chi connectivity index (χ4v) is 7.41. The summed E-state index contributed by atoms with van der Waals surface area (Å²) in [6, 6.07) is 15.7. The highest BCUT2D eigenvalue weighted by Crippen LogP contribution is 2.27. The summed E-state index contributed by atoms with van der Waals surface area (Å²) in [7, 11) is 0. The number of nitrogens with zero attached hydrogens (tertiary/aromatic N) is 5. The predicted molar refractivity (Wildman–Crippen MR) is 272 cm³/mol. The Hall–Kier alpha value is -6.66. The number of esters is 1. The molecule has 2 aromatic heterocycles. The smallest absolute Gasteiger partial charge is 0.410 e. The van der Waals surface area contributed by atoms with E-state index in [-0.39, 0.29) is 57.4 Å². The lowest BCUT2D eigenvalue weighted by atomic mass is 10.1. The average Bonchev–Trinajstić information content (AvgIpc) is 3.72. The van der Waals surface area contributed by atoms with Crippen LogP contribution in [0.15, 0.2) is 60.9 Å². The number of nitrogens with one attached hydrogen (secondary N) is 3. The number of carbonyl (C=O) groups is 6. The van der Waals surface area contributed by atoms with Gasteiger partial charge in [0.25, 0.3) is 0 Å². The third kappa shape index (κ3) is 21.1. The van der Waals surface area contributed by atoms with Gasteiger partial charge in [-0.05, 0) is 119 Å². The van der Waals surface area contributed by atoms with Crippen molar-refractivity contribution in [3.8, 4) is 0 Å². The molecule has 0 saturated heterocycles. The third-order valence-corrected chi connectivity index (χ3v) is 10.7. The second-order valence-corrected chi connectivity index (χ2v) is 20.5. The lowest BCUT2D eigenvalue weighted by Gasteiger charge is -2.29. The standard InChI is InChI=1S/C52H77N9O10/c1-50(2,3)69-42(63)25-15-16-30-59(48(66)70-51(4,5)6)31-17-18-32-60(49(67)71-52(7,8)9)33-19-28-54-41(62)27-26-40(58-47(65)68-35-37-21-11-10-12-22-37)46(64)55-29-20-34-61-36-56-43-44(61)38-23-13-14-24-39(38)57-45(43)53/h10-14,21-24,36,40H,15-20,25-35H2,1-9H3,(H2,53,57)(H,54,62)(H,55,64)(H,58,65)/t40-/m0/s1. The molecule has 5 amide bonds. The predicted octanol–water partition coefficient (Wildman–Crippen LogP) is 8.02. The van der Waals surface area contributed by atoms with Crippen molar-refractivity contribution in [1.82, 2.24) is 40.3 Å². The van der Waals surface area contributed by atoms with Crippen LogP contribution in [0.4, 0.5) is 20.2 Å². The second-order valence-electron chi connectivity index (χ2n) is 20.5. The molecule has 4 aromatic rings. The lowest BCUT2D eigenvalue weighted by molar-refractivity contribution is -0.155. The fraction of sp³-hybridized carbons (Fsp3) is 0.577. The molecule has 0 unspecified atom stereocenters. The number of fused-ring (bicyclic) bond motifs is 3. The van der Waals surface area contributed by atoms with Gasteiger partial charge in [0.2, 0.25) is 11.8 Å². The summed E-state index contributed by atoms with van der Waals surface area (Å²) >= 11 is 0.